The Kier molecular flexibility index (Phi) is 4.75. The van der Waals surface area contributed by atoms with E-state index in [9.17, 15) is 23.3 Å². The van der Waals surface area contributed by atoms with Crippen LogP contribution in [0.15, 0.2) is 35.4 Å². The Morgan fingerprint density at radius 3 is 2.59 bits per heavy atom. The third-order valence-electron chi connectivity index (χ3n) is 3.64. The fraction of sp³-hybridized carbons (Fsp3) is 0.188. The van der Waals surface area contributed by atoms with Gasteiger partial charge in [-0.3, -0.25) is 15.5 Å². The van der Waals surface area contributed by atoms with Crippen LogP contribution in [0, 0.1) is 10.1 Å². The van der Waals surface area contributed by atoms with Gasteiger partial charge >= 0.3 is 6.18 Å². The highest BCUT2D eigenvalue weighted by Gasteiger charge is 2.33. The zero-order valence-corrected chi connectivity index (χ0v) is 13.7. The Labute approximate surface area is 150 Å². The highest BCUT2D eigenvalue weighted by atomic mass is 19.4. The molecule has 0 atom stereocenters. The predicted molar refractivity (Wildman–Crippen MR) is 88.4 cm³/mol. The van der Waals surface area contributed by atoms with Crippen LogP contribution in [0.25, 0.3) is 0 Å². The summed E-state index contributed by atoms with van der Waals surface area (Å²) in [6.45, 7) is 0.0646. The molecular weight excluding hydrogens is 371 g/mol. The summed E-state index contributed by atoms with van der Waals surface area (Å²) < 4.78 is 53.8. The van der Waals surface area contributed by atoms with Gasteiger partial charge in [-0.05, 0) is 18.2 Å². The lowest BCUT2D eigenvalue weighted by atomic mass is 10.1. The van der Waals surface area contributed by atoms with E-state index in [1.807, 2.05) is 0 Å². The van der Waals surface area contributed by atoms with Crippen molar-refractivity contribution in [1.29, 1.82) is 0 Å². The van der Waals surface area contributed by atoms with Crippen molar-refractivity contribution in [2.75, 3.05) is 19.3 Å². The van der Waals surface area contributed by atoms with Gasteiger partial charge in [-0.1, -0.05) is 0 Å². The van der Waals surface area contributed by atoms with Gasteiger partial charge in [0.2, 0.25) is 6.79 Å². The number of nitro groups is 1. The zero-order valence-electron chi connectivity index (χ0n) is 13.7. The van der Waals surface area contributed by atoms with Gasteiger partial charge in [-0.25, -0.2) is 0 Å². The average Bonchev–Trinajstić information content (AvgIpc) is 3.07. The molecular formula is C16H12F3N3O5. The number of nitrogens with zero attached hydrogens (tertiary/aromatic N) is 2. The van der Waals surface area contributed by atoms with Crippen LogP contribution in [0.3, 0.4) is 0 Å². The Hall–Kier alpha value is -3.50. The van der Waals surface area contributed by atoms with Crippen molar-refractivity contribution in [3.8, 4) is 17.2 Å². The number of hydrazone groups is 1. The molecule has 2 aromatic carbocycles. The number of alkyl halides is 3. The number of methoxy groups -OCH3 is 1. The number of anilines is 1. The van der Waals surface area contributed by atoms with Crippen LogP contribution in [0.4, 0.5) is 24.5 Å². The third-order valence-corrected chi connectivity index (χ3v) is 3.64. The normalized spacial score (nSPS) is 13.0. The van der Waals surface area contributed by atoms with Crippen LogP contribution < -0.4 is 19.6 Å². The summed E-state index contributed by atoms with van der Waals surface area (Å²) in [4.78, 5) is 10.1. The molecule has 11 heteroatoms. The summed E-state index contributed by atoms with van der Waals surface area (Å²) in [7, 11) is 1.43. The largest absolute Gasteiger partial charge is 0.496 e. The molecule has 1 heterocycles. The molecule has 1 N–H and O–H groups in total. The van der Waals surface area contributed by atoms with E-state index in [0.29, 0.717) is 28.9 Å². The zero-order chi connectivity index (χ0) is 19.6. The van der Waals surface area contributed by atoms with Crippen molar-refractivity contribution >= 4 is 17.6 Å². The number of fused-ring (bicyclic) bond motifs is 1. The van der Waals surface area contributed by atoms with Crippen molar-refractivity contribution in [2.24, 2.45) is 5.10 Å². The first-order chi connectivity index (χ1) is 12.8. The SMILES string of the molecule is COc1cc2c(cc1/C=N\Nc1ccc(C(F)(F)F)cc1[N+](=O)[O-])OCO2. The van der Waals surface area contributed by atoms with Gasteiger partial charge in [-0.2, -0.15) is 18.3 Å². The Bertz CT molecular complexity index is 915. The quantitative estimate of drug-likeness (QED) is 0.479. The van der Waals surface area contributed by atoms with E-state index in [1.165, 1.54) is 13.3 Å². The standard InChI is InChI=1S/C16H12F3N3O5/c1-25-13-6-15-14(26-8-27-15)4-9(13)7-20-21-11-3-2-10(16(17,18)19)5-12(11)22(23)24/h2-7,21H,8H2,1H3/b20-7-. The van der Waals surface area contributed by atoms with Crippen LogP contribution in [-0.2, 0) is 6.18 Å². The van der Waals surface area contributed by atoms with E-state index in [0.717, 1.165) is 12.1 Å². The van der Waals surface area contributed by atoms with Crippen molar-refractivity contribution in [3.05, 3.63) is 51.6 Å². The summed E-state index contributed by atoms with van der Waals surface area (Å²) >= 11 is 0. The Morgan fingerprint density at radius 2 is 1.96 bits per heavy atom. The second kappa shape index (κ2) is 7.02. The maximum absolute atomic E-state index is 12.7. The molecule has 8 nitrogen and oxygen atoms in total. The van der Waals surface area contributed by atoms with Crippen LogP contribution in [0.2, 0.25) is 0 Å². The van der Waals surface area contributed by atoms with Crippen LogP contribution in [-0.4, -0.2) is 25.0 Å². The summed E-state index contributed by atoms with van der Waals surface area (Å²) in [6, 6.07) is 5.29. The Morgan fingerprint density at radius 1 is 1.26 bits per heavy atom. The van der Waals surface area contributed by atoms with Crippen LogP contribution >= 0.6 is 0 Å². The number of nitrogens with one attached hydrogen (secondary N) is 1. The van der Waals surface area contributed by atoms with E-state index < -0.39 is 22.4 Å². The number of hydrogen-bond donors (Lipinski definition) is 1. The monoisotopic (exact) mass is 383 g/mol. The molecule has 0 unspecified atom stereocenters. The number of benzene rings is 2. The van der Waals surface area contributed by atoms with Crippen molar-refractivity contribution < 1.29 is 32.3 Å². The van der Waals surface area contributed by atoms with Gasteiger partial charge in [-0.15, -0.1) is 0 Å². The third kappa shape index (κ3) is 3.86. The van der Waals surface area contributed by atoms with Crippen LogP contribution in [0.1, 0.15) is 11.1 Å². The molecule has 0 bridgehead atoms. The molecule has 1 aliphatic heterocycles. The van der Waals surface area contributed by atoms with Gasteiger partial charge in [0.25, 0.3) is 5.69 Å². The fourth-order valence-corrected chi connectivity index (χ4v) is 2.34. The van der Waals surface area contributed by atoms with Crippen molar-refractivity contribution in [3.63, 3.8) is 0 Å². The van der Waals surface area contributed by atoms with Gasteiger partial charge in [0.1, 0.15) is 11.4 Å². The maximum Gasteiger partial charge on any atom is 0.416 e. The molecule has 142 valence electrons. The lowest BCUT2D eigenvalue weighted by molar-refractivity contribution is -0.384. The fourth-order valence-electron chi connectivity index (χ4n) is 2.34. The molecule has 27 heavy (non-hydrogen) atoms. The lowest BCUT2D eigenvalue weighted by Gasteiger charge is -2.09. The first kappa shape index (κ1) is 18.3. The molecule has 0 spiro atoms. The number of rotatable bonds is 5. The van der Waals surface area contributed by atoms with Crippen molar-refractivity contribution in [2.45, 2.75) is 6.18 Å². The molecule has 0 radical (unpaired) electrons. The molecule has 0 saturated carbocycles. The highest BCUT2D eigenvalue weighted by molar-refractivity contribution is 5.86. The minimum absolute atomic E-state index is 0.0646. The minimum Gasteiger partial charge on any atom is -0.496 e. The van der Waals surface area contributed by atoms with Crippen molar-refractivity contribution in [1.82, 2.24) is 0 Å². The number of ether oxygens (including phenoxy) is 3. The Balaban J connectivity index is 1.85. The minimum atomic E-state index is -4.69. The van der Waals surface area contributed by atoms with Gasteiger partial charge in [0.05, 0.1) is 23.8 Å². The molecule has 2 aromatic rings. The van der Waals surface area contributed by atoms with E-state index >= 15 is 0 Å². The summed E-state index contributed by atoms with van der Waals surface area (Å²) in [5, 5.41) is 14.9. The van der Waals surface area contributed by atoms with E-state index in [-0.39, 0.29) is 12.5 Å². The first-order valence-corrected chi connectivity index (χ1v) is 7.42. The molecule has 0 saturated heterocycles. The molecule has 3 rings (SSSR count). The van der Waals surface area contributed by atoms with E-state index in [4.69, 9.17) is 14.2 Å². The number of nitro benzene ring substituents is 1. The highest BCUT2D eigenvalue weighted by Crippen LogP contribution is 2.38. The van der Waals surface area contributed by atoms with Crippen LogP contribution in [0.5, 0.6) is 17.2 Å². The molecule has 0 aromatic heterocycles. The summed E-state index contributed by atoms with van der Waals surface area (Å²) in [5.74, 6) is 1.37. The predicted octanol–water partition coefficient (Wildman–Crippen LogP) is 3.80. The average molecular weight is 383 g/mol. The first-order valence-electron chi connectivity index (χ1n) is 7.42. The maximum atomic E-state index is 12.7. The smallest absolute Gasteiger partial charge is 0.416 e. The van der Waals surface area contributed by atoms with Gasteiger partial charge < -0.3 is 14.2 Å². The molecule has 0 aliphatic carbocycles. The van der Waals surface area contributed by atoms with E-state index in [2.05, 4.69) is 10.5 Å². The summed E-state index contributed by atoms with van der Waals surface area (Å²) in [6.07, 6.45) is -3.39. The molecule has 0 amide bonds. The lowest BCUT2D eigenvalue weighted by Crippen LogP contribution is -2.06. The van der Waals surface area contributed by atoms with E-state index in [1.54, 1.807) is 12.1 Å². The van der Waals surface area contributed by atoms with Gasteiger partial charge in [0, 0.05) is 17.7 Å². The second-order valence-corrected chi connectivity index (χ2v) is 5.30. The topological polar surface area (TPSA) is 95.2 Å². The van der Waals surface area contributed by atoms with Gasteiger partial charge in [0.15, 0.2) is 11.5 Å². The number of hydrogen-bond acceptors (Lipinski definition) is 7. The summed E-state index contributed by atoms with van der Waals surface area (Å²) in [5.41, 5.74) is 0.784. The number of halogens is 3. The molecule has 0 fully saturated rings. The molecule has 1 aliphatic rings. The second-order valence-electron chi connectivity index (χ2n) is 5.30.